The number of thiophene rings is 1. The molecule has 1 aromatic rings. The van der Waals surface area contributed by atoms with Crippen LogP contribution in [0.2, 0.25) is 5.02 Å². The molecular weight excluding hydrogens is 327 g/mol. The number of hydrogen-bond acceptors (Lipinski definition) is 1. The molecule has 1 unspecified atom stereocenters. The van der Waals surface area contributed by atoms with Crippen LogP contribution >= 0.6 is 50.5 Å². The molecule has 0 bridgehead atoms. The highest BCUT2D eigenvalue weighted by Gasteiger charge is 2.20. The van der Waals surface area contributed by atoms with Crippen molar-refractivity contribution in [3.63, 3.8) is 0 Å². The normalized spacial score (nSPS) is 19.9. The Labute approximate surface area is 119 Å². The molecule has 0 amide bonds. The Balaban J connectivity index is 1.93. The molecule has 1 saturated carbocycles. The molecule has 4 heteroatoms. The third-order valence-corrected chi connectivity index (χ3v) is 6.37. The molecule has 1 aliphatic carbocycles. The first kappa shape index (κ1) is 13.2. The minimum absolute atomic E-state index is 0.136. The van der Waals surface area contributed by atoms with Gasteiger partial charge in [0.15, 0.2) is 0 Å². The topological polar surface area (TPSA) is 0 Å². The summed E-state index contributed by atoms with van der Waals surface area (Å²) < 4.78 is 0.999. The van der Waals surface area contributed by atoms with Crippen molar-refractivity contribution in [3.05, 3.63) is 19.8 Å². The predicted molar refractivity (Wildman–Crippen MR) is 76.8 cm³/mol. The Bertz CT molecular complexity index is 325. The van der Waals surface area contributed by atoms with E-state index < -0.39 is 0 Å². The van der Waals surface area contributed by atoms with Gasteiger partial charge >= 0.3 is 0 Å². The largest absolute Gasteiger partial charge is 0.130 e. The minimum atomic E-state index is 0.136. The minimum Gasteiger partial charge on any atom is -0.130 e. The van der Waals surface area contributed by atoms with Crippen molar-refractivity contribution in [2.24, 2.45) is 5.92 Å². The first-order valence-corrected chi connectivity index (χ1v) is 8.18. The van der Waals surface area contributed by atoms with Crippen LogP contribution in [-0.2, 0) is 0 Å². The van der Waals surface area contributed by atoms with Crippen LogP contribution in [0.5, 0.6) is 0 Å². The standard InChI is InChI=1S/C12H15BrCl2S/c13-12-10(15)7-11(16-12)9(14)6-8-4-2-1-3-5-8/h7-9H,1-6H2. The van der Waals surface area contributed by atoms with E-state index in [0.29, 0.717) is 0 Å². The average Bonchev–Trinajstić information content (AvgIpc) is 2.61. The second kappa shape index (κ2) is 6.08. The van der Waals surface area contributed by atoms with E-state index in [9.17, 15) is 0 Å². The second-order valence-corrected chi connectivity index (χ2v) is 7.81. The zero-order valence-electron chi connectivity index (χ0n) is 9.02. The summed E-state index contributed by atoms with van der Waals surface area (Å²) in [5.74, 6) is 0.816. The van der Waals surface area contributed by atoms with Gasteiger partial charge in [0.05, 0.1) is 14.2 Å². The zero-order valence-corrected chi connectivity index (χ0v) is 12.9. The van der Waals surface area contributed by atoms with Crippen LogP contribution in [0.15, 0.2) is 9.85 Å². The van der Waals surface area contributed by atoms with Gasteiger partial charge in [0.2, 0.25) is 0 Å². The molecule has 1 heterocycles. The predicted octanol–water partition coefficient (Wildman–Crippen LogP) is 6.41. The van der Waals surface area contributed by atoms with Crippen molar-refractivity contribution in [1.82, 2.24) is 0 Å². The van der Waals surface area contributed by atoms with E-state index in [1.165, 1.54) is 37.0 Å². The zero-order chi connectivity index (χ0) is 11.5. The molecule has 2 rings (SSSR count). The van der Waals surface area contributed by atoms with Gasteiger partial charge in [0, 0.05) is 4.88 Å². The molecule has 90 valence electrons. The van der Waals surface area contributed by atoms with Crippen LogP contribution in [0, 0.1) is 5.92 Å². The Morgan fingerprint density at radius 1 is 1.38 bits per heavy atom. The van der Waals surface area contributed by atoms with Gasteiger partial charge in [0.1, 0.15) is 0 Å². The highest BCUT2D eigenvalue weighted by atomic mass is 79.9. The van der Waals surface area contributed by atoms with Crippen molar-refractivity contribution in [1.29, 1.82) is 0 Å². The third-order valence-electron chi connectivity index (χ3n) is 3.24. The first-order valence-electron chi connectivity index (χ1n) is 5.75. The monoisotopic (exact) mass is 340 g/mol. The average molecular weight is 342 g/mol. The fraction of sp³-hybridized carbons (Fsp3) is 0.667. The Morgan fingerprint density at radius 3 is 2.62 bits per heavy atom. The number of alkyl halides is 1. The molecule has 1 atom stereocenters. The van der Waals surface area contributed by atoms with Crippen LogP contribution in [-0.4, -0.2) is 0 Å². The van der Waals surface area contributed by atoms with Gasteiger partial charge in [-0.1, -0.05) is 43.7 Å². The molecular formula is C12H15BrCl2S. The smallest absolute Gasteiger partial charge is 0.0887 e. The van der Waals surface area contributed by atoms with E-state index in [1.54, 1.807) is 11.3 Å². The van der Waals surface area contributed by atoms with E-state index in [0.717, 1.165) is 21.1 Å². The lowest BCUT2D eigenvalue weighted by Crippen LogP contribution is -2.08. The molecule has 1 fully saturated rings. The third kappa shape index (κ3) is 3.38. The molecule has 0 N–H and O–H groups in total. The molecule has 1 aromatic heterocycles. The van der Waals surface area contributed by atoms with Crippen LogP contribution in [0.3, 0.4) is 0 Å². The van der Waals surface area contributed by atoms with Crippen molar-refractivity contribution in [2.75, 3.05) is 0 Å². The Kier molecular flexibility index (Phi) is 5.02. The number of hydrogen-bond donors (Lipinski definition) is 0. The van der Waals surface area contributed by atoms with Gasteiger partial charge in [-0.15, -0.1) is 22.9 Å². The van der Waals surface area contributed by atoms with E-state index in [4.69, 9.17) is 23.2 Å². The van der Waals surface area contributed by atoms with Crippen LogP contribution in [0.25, 0.3) is 0 Å². The lowest BCUT2D eigenvalue weighted by Gasteiger charge is -2.23. The molecule has 1 aliphatic rings. The summed E-state index contributed by atoms with van der Waals surface area (Å²) >= 11 is 17.6. The highest BCUT2D eigenvalue weighted by Crippen LogP contribution is 2.41. The molecule has 0 nitrogen and oxygen atoms in total. The molecule has 0 spiro atoms. The van der Waals surface area contributed by atoms with Crippen LogP contribution in [0.1, 0.15) is 48.8 Å². The van der Waals surface area contributed by atoms with E-state index in [1.807, 2.05) is 6.07 Å². The molecule has 0 aliphatic heterocycles. The van der Waals surface area contributed by atoms with E-state index in [-0.39, 0.29) is 5.38 Å². The fourth-order valence-corrected chi connectivity index (χ4v) is 4.54. The summed E-state index contributed by atoms with van der Waals surface area (Å²) in [7, 11) is 0. The first-order chi connectivity index (χ1) is 7.66. The van der Waals surface area contributed by atoms with Crippen molar-refractivity contribution in [2.45, 2.75) is 43.9 Å². The summed E-state index contributed by atoms with van der Waals surface area (Å²) in [6.07, 6.45) is 7.96. The van der Waals surface area contributed by atoms with Crippen molar-refractivity contribution < 1.29 is 0 Å². The van der Waals surface area contributed by atoms with Crippen molar-refractivity contribution >= 4 is 50.5 Å². The number of halogens is 3. The van der Waals surface area contributed by atoms with Gasteiger partial charge < -0.3 is 0 Å². The summed E-state index contributed by atoms with van der Waals surface area (Å²) in [6.45, 7) is 0. The molecule has 0 radical (unpaired) electrons. The van der Waals surface area contributed by atoms with Gasteiger partial charge in [0.25, 0.3) is 0 Å². The fourth-order valence-electron chi connectivity index (χ4n) is 2.35. The lowest BCUT2D eigenvalue weighted by atomic mass is 9.86. The van der Waals surface area contributed by atoms with Crippen LogP contribution in [0.4, 0.5) is 0 Å². The summed E-state index contributed by atoms with van der Waals surface area (Å²) in [5, 5.41) is 0.922. The van der Waals surface area contributed by atoms with Gasteiger partial charge in [-0.25, -0.2) is 0 Å². The maximum atomic E-state index is 6.46. The molecule has 0 saturated heterocycles. The Hall–Kier alpha value is 0.760. The van der Waals surface area contributed by atoms with Gasteiger partial charge in [-0.2, -0.15) is 0 Å². The highest BCUT2D eigenvalue weighted by molar-refractivity contribution is 9.11. The van der Waals surface area contributed by atoms with Crippen molar-refractivity contribution in [3.8, 4) is 0 Å². The summed E-state index contributed by atoms with van der Waals surface area (Å²) in [4.78, 5) is 1.20. The number of rotatable bonds is 3. The van der Waals surface area contributed by atoms with E-state index in [2.05, 4.69) is 15.9 Å². The summed E-state index contributed by atoms with van der Waals surface area (Å²) in [6, 6.07) is 2.00. The quantitative estimate of drug-likeness (QED) is 0.557. The maximum absolute atomic E-state index is 6.46. The summed E-state index contributed by atoms with van der Waals surface area (Å²) in [5.41, 5.74) is 0. The van der Waals surface area contributed by atoms with E-state index >= 15 is 0 Å². The maximum Gasteiger partial charge on any atom is 0.0887 e. The molecule has 16 heavy (non-hydrogen) atoms. The SMILES string of the molecule is Clc1cc(C(Cl)CC2CCCCC2)sc1Br. The molecule has 0 aromatic carbocycles. The Morgan fingerprint density at radius 2 is 2.06 bits per heavy atom. The van der Waals surface area contributed by atoms with Gasteiger partial charge in [-0.3, -0.25) is 0 Å². The second-order valence-electron chi connectivity index (χ2n) is 4.48. The van der Waals surface area contributed by atoms with Crippen LogP contribution < -0.4 is 0 Å². The lowest BCUT2D eigenvalue weighted by molar-refractivity contribution is 0.337. The van der Waals surface area contributed by atoms with Gasteiger partial charge in [-0.05, 0) is 34.3 Å².